The van der Waals surface area contributed by atoms with Crippen molar-refractivity contribution in [3.05, 3.63) is 194 Å². The second-order valence-electron chi connectivity index (χ2n) is 14.0. The topological polar surface area (TPSA) is 42.4 Å². The normalized spacial score (nSPS) is 11.6. The van der Waals surface area contributed by atoms with Crippen molar-refractivity contribution in [2.45, 2.75) is 0 Å². The highest BCUT2D eigenvalue weighted by molar-refractivity contribution is 6.16. The van der Waals surface area contributed by atoms with Crippen molar-refractivity contribution in [3.63, 3.8) is 0 Å². The molecule has 0 unspecified atom stereocenters. The first kappa shape index (κ1) is 31.1. The lowest BCUT2D eigenvalue weighted by atomic mass is 9.96. The summed E-state index contributed by atoms with van der Waals surface area (Å²) in [5, 5.41) is 6.74. The molecule has 11 rings (SSSR count). The highest BCUT2D eigenvalue weighted by Crippen LogP contribution is 2.43. The van der Waals surface area contributed by atoms with Crippen LogP contribution in [0, 0.1) is 0 Å². The molecule has 9 aromatic carbocycles. The van der Waals surface area contributed by atoms with Gasteiger partial charge in [-0.2, -0.15) is 0 Å². The number of fused-ring (bicyclic) bond motifs is 7. The summed E-state index contributed by atoms with van der Waals surface area (Å²) in [4.78, 5) is 7.28. The molecule has 0 saturated carbocycles. The van der Waals surface area contributed by atoms with Crippen LogP contribution in [0.2, 0.25) is 0 Å². The van der Waals surface area contributed by atoms with Crippen LogP contribution in [-0.2, 0) is 0 Å². The van der Waals surface area contributed by atoms with Gasteiger partial charge in [-0.05, 0) is 105 Å². The Labute approximate surface area is 317 Å². The van der Waals surface area contributed by atoms with Crippen LogP contribution in [0.4, 0.5) is 17.1 Å². The van der Waals surface area contributed by atoms with Gasteiger partial charge in [0.25, 0.3) is 0 Å². The average molecular weight is 705 g/mol. The molecule has 0 aliphatic heterocycles. The Morgan fingerprint density at radius 1 is 0.364 bits per heavy atom. The maximum atomic E-state index is 6.67. The molecule has 0 amide bonds. The Kier molecular flexibility index (Phi) is 7.14. The number of hydrogen-bond acceptors (Lipinski definition) is 4. The molecular formula is C51H32N2O2. The van der Waals surface area contributed by atoms with E-state index in [0.29, 0.717) is 5.89 Å². The summed E-state index contributed by atoms with van der Waals surface area (Å²) in [6.07, 6.45) is 0. The quantitative estimate of drug-likeness (QED) is 0.173. The molecule has 0 radical (unpaired) electrons. The zero-order valence-corrected chi connectivity index (χ0v) is 29.7. The van der Waals surface area contributed by atoms with E-state index in [0.717, 1.165) is 77.6 Å². The standard InChI is InChI=1S/C51H32N2O2/c1-2-10-33(11-3-1)35-18-24-39(25-19-35)53(41-28-20-34-12-4-5-14-38(34)30-41)40-26-21-37(22-27-40)44-32-49-45(31-46(44)51-52-47-16-8-9-17-48(47)55-51)43-29-23-36-13-6-7-15-42(36)50(43)54-49/h1-32H. The monoisotopic (exact) mass is 704 g/mol. The predicted octanol–water partition coefficient (Wildman–Crippen LogP) is 14.5. The molecule has 0 atom stereocenters. The van der Waals surface area contributed by atoms with Crippen molar-refractivity contribution in [3.8, 4) is 33.7 Å². The zero-order valence-electron chi connectivity index (χ0n) is 29.7. The molecular weight excluding hydrogens is 673 g/mol. The number of aromatic nitrogens is 1. The van der Waals surface area contributed by atoms with E-state index in [9.17, 15) is 0 Å². The van der Waals surface area contributed by atoms with Crippen molar-refractivity contribution in [1.82, 2.24) is 4.98 Å². The number of nitrogens with zero attached hydrogens (tertiary/aromatic N) is 2. The molecule has 2 aromatic heterocycles. The molecule has 0 aliphatic rings. The predicted molar refractivity (Wildman–Crippen MR) is 227 cm³/mol. The molecule has 258 valence electrons. The van der Waals surface area contributed by atoms with E-state index in [1.54, 1.807) is 0 Å². The largest absolute Gasteiger partial charge is 0.455 e. The molecule has 0 spiro atoms. The van der Waals surface area contributed by atoms with Gasteiger partial charge in [0.1, 0.15) is 16.7 Å². The summed E-state index contributed by atoms with van der Waals surface area (Å²) in [5.74, 6) is 0.577. The Balaban J connectivity index is 1.07. The molecule has 0 N–H and O–H groups in total. The van der Waals surface area contributed by atoms with E-state index in [1.165, 1.54) is 21.9 Å². The maximum absolute atomic E-state index is 6.67. The van der Waals surface area contributed by atoms with Crippen molar-refractivity contribution in [2.75, 3.05) is 4.90 Å². The first-order valence-corrected chi connectivity index (χ1v) is 18.5. The lowest BCUT2D eigenvalue weighted by Crippen LogP contribution is -2.09. The zero-order chi connectivity index (χ0) is 36.3. The molecule has 4 nitrogen and oxygen atoms in total. The highest BCUT2D eigenvalue weighted by Gasteiger charge is 2.20. The van der Waals surface area contributed by atoms with Crippen LogP contribution >= 0.6 is 0 Å². The van der Waals surface area contributed by atoms with E-state index < -0.39 is 0 Å². The van der Waals surface area contributed by atoms with Crippen LogP contribution in [0.15, 0.2) is 203 Å². The summed E-state index contributed by atoms with van der Waals surface area (Å²) in [6.45, 7) is 0. The number of para-hydroxylation sites is 2. The number of rotatable bonds is 6. The minimum Gasteiger partial charge on any atom is -0.455 e. The van der Waals surface area contributed by atoms with Crippen LogP contribution in [0.1, 0.15) is 0 Å². The third-order valence-electron chi connectivity index (χ3n) is 10.7. The first-order valence-electron chi connectivity index (χ1n) is 18.5. The Morgan fingerprint density at radius 2 is 1.00 bits per heavy atom. The fraction of sp³-hybridized carbons (Fsp3) is 0. The summed E-state index contributed by atoms with van der Waals surface area (Å²) >= 11 is 0. The minimum absolute atomic E-state index is 0.577. The summed E-state index contributed by atoms with van der Waals surface area (Å²) < 4.78 is 13.1. The van der Waals surface area contributed by atoms with Crippen LogP contribution in [0.25, 0.3) is 88.3 Å². The molecule has 0 bridgehead atoms. The molecule has 55 heavy (non-hydrogen) atoms. The Morgan fingerprint density at radius 3 is 1.80 bits per heavy atom. The second kappa shape index (κ2) is 12.6. The third-order valence-corrected chi connectivity index (χ3v) is 10.7. The van der Waals surface area contributed by atoms with Crippen molar-refractivity contribution in [1.29, 1.82) is 0 Å². The van der Waals surface area contributed by atoms with Gasteiger partial charge in [0, 0.05) is 38.8 Å². The molecule has 0 saturated heterocycles. The van der Waals surface area contributed by atoms with Gasteiger partial charge in [-0.15, -0.1) is 0 Å². The lowest BCUT2D eigenvalue weighted by molar-refractivity contribution is 0.620. The average Bonchev–Trinajstić information content (AvgIpc) is 3.86. The fourth-order valence-corrected chi connectivity index (χ4v) is 7.94. The fourth-order valence-electron chi connectivity index (χ4n) is 7.94. The molecule has 4 heteroatoms. The van der Waals surface area contributed by atoms with Crippen LogP contribution in [0.5, 0.6) is 0 Å². The van der Waals surface area contributed by atoms with E-state index >= 15 is 0 Å². The van der Waals surface area contributed by atoms with Gasteiger partial charge in [-0.25, -0.2) is 4.98 Å². The molecule has 0 fully saturated rings. The van der Waals surface area contributed by atoms with Crippen molar-refractivity contribution in [2.24, 2.45) is 0 Å². The molecule has 2 heterocycles. The van der Waals surface area contributed by atoms with E-state index in [2.05, 4.69) is 175 Å². The number of oxazole rings is 1. The number of benzene rings is 9. The SMILES string of the molecule is c1ccc(-c2ccc(N(c3ccc(-c4cc5oc6c7ccccc7ccc6c5cc4-c4nc5ccccc5o4)cc3)c3ccc4ccccc4c3)cc2)cc1. The summed E-state index contributed by atoms with van der Waals surface area (Å²) in [5.41, 5.74) is 11.8. The van der Waals surface area contributed by atoms with Gasteiger partial charge >= 0.3 is 0 Å². The van der Waals surface area contributed by atoms with Crippen molar-refractivity contribution < 1.29 is 8.83 Å². The second-order valence-corrected chi connectivity index (χ2v) is 14.0. The molecule has 0 aliphatic carbocycles. The number of anilines is 3. The summed E-state index contributed by atoms with van der Waals surface area (Å²) in [6, 6.07) is 68.2. The third kappa shape index (κ3) is 5.34. The van der Waals surface area contributed by atoms with Gasteiger partial charge in [0.05, 0.1) is 0 Å². The number of furan rings is 1. The minimum atomic E-state index is 0.577. The maximum Gasteiger partial charge on any atom is 0.227 e. The van der Waals surface area contributed by atoms with Crippen molar-refractivity contribution >= 4 is 71.6 Å². The Bertz CT molecular complexity index is 3160. The summed E-state index contributed by atoms with van der Waals surface area (Å²) in [7, 11) is 0. The molecule has 11 aromatic rings. The van der Waals surface area contributed by atoms with Crippen LogP contribution < -0.4 is 4.90 Å². The Hall–Kier alpha value is -7.43. The van der Waals surface area contributed by atoms with E-state index in [-0.39, 0.29) is 0 Å². The van der Waals surface area contributed by atoms with E-state index in [4.69, 9.17) is 13.8 Å². The van der Waals surface area contributed by atoms with Gasteiger partial charge in [-0.1, -0.05) is 127 Å². The van der Waals surface area contributed by atoms with Crippen LogP contribution in [0.3, 0.4) is 0 Å². The van der Waals surface area contributed by atoms with Crippen LogP contribution in [-0.4, -0.2) is 4.98 Å². The smallest absolute Gasteiger partial charge is 0.227 e. The van der Waals surface area contributed by atoms with Gasteiger partial charge in [0.15, 0.2) is 5.58 Å². The lowest BCUT2D eigenvalue weighted by Gasteiger charge is -2.26. The number of hydrogen-bond donors (Lipinski definition) is 0. The van der Waals surface area contributed by atoms with Gasteiger partial charge < -0.3 is 13.7 Å². The van der Waals surface area contributed by atoms with E-state index in [1.807, 2.05) is 24.3 Å². The highest BCUT2D eigenvalue weighted by atomic mass is 16.3. The van der Waals surface area contributed by atoms with Gasteiger partial charge in [0.2, 0.25) is 5.89 Å². The van der Waals surface area contributed by atoms with Gasteiger partial charge in [-0.3, -0.25) is 0 Å². The first-order chi connectivity index (χ1) is 27.2.